The fourth-order valence-corrected chi connectivity index (χ4v) is 1.58. The molecule has 0 saturated heterocycles. The van der Waals surface area contributed by atoms with Gasteiger partial charge in [0.2, 0.25) is 5.91 Å². The molecular formula is C12H17BrN2O2. The van der Waals surface area contributed by atoms with E-state index in [-0.39, 0.29) is 11.8 Å². The number of amides is 1. The number of ether oxygens (including phenoxy) is 1. The van der Waals surface area contributed by atoms with Gasteiger partial charge in [-0.1, -0.05) is 22.9 Å². The standard InChI is InChI=1S/C12H17BrN2O2/c1-3-17-11-6-9(13)4-5-10(11)15-12(16)8(2)7-14/h4-6,8H,3,7,14H2,1-2H3,(H,15,16). The smallest absolute Gasteiger partial charge is 0.228 e. The summed E-state index contributed by atoms with van der Waals surface area (Å²) in [4.78, 5) is 11.7. The van der Waals surface area contributed by atoms with E-state index < -0.39 is 0 Å². The lowest BCUT2D eigenvalue weighted by atomic mass is 10.1. The summed E-state index contributed by atoms with van der Waals surface area (Å²) in [6, 6.07) is 5.48. The minimum Gasteiger partial charge on any atom is -0.492 e. The van der Waals surface area contributed by atoms with E-state index in [1.165, 1.54) is 0 Å². The van der Waals surface area contributed by atoms with Gasteiger partial charge in [0.1, 0.15) is 5.75 Å². The molecule has 1 rings (SSSR count). The van der Waals surface area contributed by atoms with Crippen molar-refractivity contribution in [3.8, 4) is 5.75 Å². The van der Waals surface area contributed by atoms with Crippen LogP contribution in [0.1, 0.15) is 13.8 Å². The van der Waals surface area contributed by atoms with Crippen molar-refractivity contribution in [2.75, 3.05) is 18.5 Å². The molecule has 0 aromatic heterocycles. The molecule has 0 spiro atoms. The quantitative estimate of drug-likeness (QED) is 0.877. The zero-order chi connectivity index (χ0) is 12.8. The number of nitrogens with two attached hydrogens (primary N) is 1. The van der Waals surface area contributed by atoms with E-state index in [9.17, 15) is 4.79 Å². The van der Waals surface area contributed by atoms with E-state index in [0.717, 1.165) is 4.47 Å². The Morgan fingerprint density at radius 1 is 1.59 bits per heavy atom. The Morgan fingerprint density at radius 3 is 2.88 bits per heavy atom. The largest absolute Gasteiger partial charge is 0.492 e. The fourth-order valence-electron chi connectivity index (χ4n) is 1.24. The summed E-state index contributed by atoms with van der Waals surface area (Å²) >= 11 is 3.36. The lowest BCUT2D eigenvalue weighted by molar-refractivity contribution is -0.119. The van der Waals surface area contributed by atoms with Crippen molar-refractivity contribution in [2.24, 2.45) is 11.7 Å². The SMILES string of the molecule is CCOc1cc(Br)ccc1NC(=O)C(C)CN. The highest BCUT2D eigenvalue weighted by atomic mass is 79.9. The molecule has 1 aromatic carbocycles. The monoisotopic (exact) mass is 300 g/mol. The van der Waals surface area contributed by atoms with Gasteiger partial charge in [0.25, 0.3) is 0 Å². The molecule has 0 bridgehead atoms. The molecule has 0 radical (unpaired) electrons. The molecule has 1 unspecified atom stereocenters. The van der Waals surface area contributed by atoms with Crippen molar-refractivity contribution >= 4 is 27.5 Å². The highest BCUT2D eigenvalue weighted by Gasteiger charge is 2.13. The number of rotatable bonds is 5. The minimum absolute atomic E-state index is 0.101. The molecule has 1 aromatic rings. The van der Waals surface area contributed by atoms with Crippen LogP contribution in [0.3, 0.4) is 0 Å². The molecule has 0 fully saturated rings. The maximum atomic E-state index is 11.7. The number of carbonyl (C=O) groups is 1. The van der Waals surface area contributed by atoms with Gasteiger partial charge in [-0.25, -0.2) is 0 Å². The highest BCUT2D eigenvalue weighted by molar-refractivity contribution is 9.10. The first-order valence-electron chi connectivity index (χ1n) is 5.51. The zero-order valence-electron chi connectivity index (χ0n) is 10.00. The molecule has 5 heteroatoms. The third-order valence-electron chi connectivity index (χ3n) is 2.30. The molecule has 0 aliphatic heterocycles. The number of halogens is 1. The summed E-state index contributed by atoms with van der Waals surface area (Å²) in [5.74, 6) is 0.336. The lowest BCUT2D eigenvalue weighted by Gasteiger charge is -2.14. The summed E-state index contributed by atoms with van der Waals surface area (Å²) in [5.41, 5.74) is 6.11. The Hall–Kier alpha value is -1.07. The Labute approximate surface area is 110 Å². The van der Waals surface area contributed by atoms with Crippen molar-refractivity contribution in [1.82, 2.24) is 0 Å². The van der Waals surface area contributed by atoms with Crippen LogP contribution in [-0.2, 0) is 4.79 Å². The Bertz CT molecular complexity index is 396. The van der Waals surface area contributed by atoms with E-state index in [0.29, 0.717) is 24.6 Å². The number of anilines is 1. The molecule has 3 N–H and O–H groups in total. The molecule has 1 amide bonds. The third kappa shape index (κ3) is 4.02. The van der Waals surface area contributed by atoms with Crippen LogP contribution in [0, 0.1) is 5.92 Å². The Morgan fingerprint density at radius 2 is 2.29 bits per heavy atom. The van der Waals surface area contributed by atoms with Gasteiger partial charge in [-0.15, -0.1) is 0 Å². The second-order valence-electron chi connectivity index (χ2n) is 3.70. The summed E-state index contributed by atoms with van der Waals surface area (Å²) < 4.78 is 6.36. The molecule has 0 aliphatic rings. The van der Waals surface area contributed by atoms with Crippen LogP contribution in [0.5, 0.6) is 5.75 Å². The number of benzene rings is 1. The molecular weight excluding hydrogens is 284 g/mol. The molecule has 1 atom stereocenters. The maximum Gasteiger partial charge on any atom is 0.228 e. The molecule has 94 valence electrons. The van der Waals surface area contributed by atoms with E-state index in [1.54, 1.807) is 13.0 Å². The van der Waals surface area contributed by atoms with Crippen molar-refractivity contribution in [3.63, 3.8) is 0 Å². The highest BCUT2D eigenvalue weighted by Crippen LogP contribution is 2.28. The van der Waals surface area contributed by atoms with Crippen molar-refractivity contribution < 1.29 is 9.53 Å². The summed E-state index contributed by atoms with van der Waals surface area (Å²) in [6.07, 6.45) is 0. The predicted molar refractivity (Wildman–Crippen MR) is 72.2 cm³/mol. The van der Waals surface area contributed by atoms with Gasteiger partial charge in [-0.3, -0.25) is 4.79 Å². The van der Waals surface area contributed by atoms with E-state index in [4.69, 9.17) is 10.5 Å². The van der Waals surface area contributed by atoms with Crippen molar-refractivity contribution in [3.05, 3.63) is 22.7 Å². The van der Waals surface area contributed by atoms with E-state index in [2.05, 4.69) is 21.2 Å². The first-order chi connectivity index (χ1) is 8.08. The molecule has 17 heavy (non-hydrogen) atoms. The van der Waals surface area contributed by atoms with Gasteiger partial charge >= 0.3 is 0 Å². The van der Waals surface area contributed by atoms with Crippen LogP contribution in [0.25, 0.3) is 0 Å². The van der Waals surface area contributed by atoms with Crippen LogP contribution in [-0.4, -0.2) is 19.1 Å². The van der Waals surface area contributed by atoms with E-state index >= 15 is 0 Å². The van der Waals surface area contributed by atoms with Crippen molar-refractivity contribution in [1.29, 1.82) is 0 Å². The van der Waals surface area contributed by atoms with Gasteiger partial charge in [-0.2, -0.15) is 0 Å². The van der Waals surface area contributed by atoms with Crippen LogP contribution in [0.4, 0.5) is 5.69 Å². The van der Waals surface area contributed by atoms with Gasteiger partial charge in [0, 0.05) is 16.9 Å². The van der Waals surface area contributed by atoms with Gasteiger partial charge < -0.3 is 15.8 Å². The summed E-state index contributed by atoms with van der Waals surface area (Å²) in [7, 11) is 0. The fraction of sp³-hybridized carbons (Fsp3) is 0.417. The van der Waals surface area contributed by atoms with E-state index in [1.807, 2.05) is 19.1 Å². The first kappa shape index (κ1) is 14.0. The van der Waals surface area contributed by atoms with Crippen molar-refractivity contribution in [2.45, 2.75) is 13.8 Å². The Kier molecular flexibility index (Phi) is 5.44. The maximum absolute atomic E-state index is 11.7. The van der Waals surface area contributed by atoms with Crippen LogP contribution >= 0.6 is 15.9 Å². The van der Waals surface area contributed by atoms with Gasteiger partial charge in [0.15, 0.2) is 0 Å². The minimum atomic E-state index is -0.215. The lowest BCUT2D eigenvalue weighted by Crippen LogP contribution is -2.26. The number of nitrogens with one attached hydrogen (secondary N) is 1. The Balaban J connectivity index is 2.86. The topological polar surface area (TPSA) is 64.3 Å². The molecule has 4 nitrogen and oxygen atoms in total. The molecule has 0 aliphatic carbocycles. The first-order valence-corrected chi connectivity index (χ1v) is 6.31. The molecule has 0 heterocycles. The van der Waals surface area contributed by atoms with Crippen LogP contribution in [0.2, 0.25) is 0 Å². The predicted octanol–water partition coefficient (Wildman–Crippen LogP) is 2.38. The second kappa shape index (κ2) is 6.61. The third-order valence-corrected chi connectivity index (χ3v) is 2.80. The number of hydrogen-bond donors (Lipinski definition) is 2. The second-order valence-corrected chi connectivity index (χ2v) is 4.62. The number of carbonyl (C=O) groups excluding carboxylic acids is 1. The zero-order valence-corrected chi connectivity index (χ0v) is 11.6. The summed E-state index contributed by atoms with van der Waals surface area (Å²) in [5, 5.41) is 2.81. The van der Waals surface area contributed by atoms with Gasteiger partial charge in [0.05, 0.1) is 12.3 Å². The number of hydrogen-bond acceptors (Lipinski definition) is 3. The van der Waals surface area contributed by atoms with Crippen LogP contribution < -0.4 is 15.8 Å². The van der Waals surface area contributed by atoms with Crippen LogP contribution in [0.15, 0.2) is 22.7 Å². The average Bonchev–Trinajstić information content (AvgIpc) is 2.31. The van der Waals surface area contributed by atoms with Gasteiger partial charge in [-0.05, 0) is 25.1 Å². The normalized spacial score (nSPS) is 12.0. The summed E-state index contributed by atoms with van der Waals surface area (Å²) in [6.45, 7) is 4.56. The average molecular weight is 301 g/mol. The molecule has 0 saturated carbocycles.